The van der Waals surface area contributed by atoms with Crippen LogP contribution in [0.4, 0.5) is 0 Å². The highest BCUT2D eigenvalue weighted by molar-refractivity contribution is 7.10. The molecule has 0 bridgehead atoms. The minimum Gasteiger partial charge on any atom is -0.305 e. The standard InChI is InChI=1S/C16H16N2S/c1-12(16-7-4-10-19-16)18-11-13-8-9-17-15-6-3-2-5-14(13)15/h2-10,12,18H,11H2,1H3/t12-/m1/s1. The molecule has 1 atom stereocenters. The lowest BCUT2D eigenvalue weighted by molar-refractivity contribution is 0.584. The largest absolute Gasteiger partial charge is 0.305 e. The number of benzene rings is 1. The number of nitrogens with one attached hydrogen (secondary N) is 1. The summed E-state index contributed by atoms with van der Waals surface area (Å²) in [6.07, 6.45) is 1.88. The molecule has 0 fully saturated rings. The number of hydrogen-bond donors (Lipinski definition) is 1. The lowest BCUT2D eigenvalue weighted by atomic mass is 10.1. The molecule has 0 radical (unpaired) electrons. The van der Waals surface area contributed by atoms with Crippen molar-refractivity contribution in [1.29, 1.82) is 0 Å². The molecule has 19 heavy (non-hydrogen) atoms. The van der Waals surface area contributed by atoms with Gasteiger partial charge in [-0.05, 0) is 36.1 Å². The maximum Gasteiger partial charge on any atom is 0.0705 e. The lowest BCUT2D eigenvalue weighted by Gasteiger charge is -2.13. The van der Waals surface area contributed by atoms with Crippen LogP contribution in [-0.4, -0.2) is 4.98 Å². The summed E-state index contributed by atoms with van der Waals surface area (Å²) >= 11 is 1.79. The lowest BCUT2D eigenvalue weighted by Crippen LogP contribution is -2.17. The molecular weight excluding hydrogens is 252 g/mol. The van der Waals surface area contributed by atoms with Gasteiger partial charge in [0.05, 0.1) is 5.52 Å². The molecule has 2 heterocycles. The van der Waals surface area contributed by atoms with E-state index in [0.717, 1.165) is 12.1 Å². The summed E-state index contributed by atoms with van der Waals surface area (Å²) in [6, 6.07) is 15.0. The number of para-hydroxylation sites is 1. The molecule has 0 amide bonds. The first-order valence-corrected chi connectivity index (χ1v) is 7.32. The third-order valence-electron chi connectivity index (χ3n) is 3.31. The van der Waals surface area contributed by atoms with E-state index in [2.05, 4.69) is 59.0 Å². The SMILES string of the molecule is C[C@@H](NCc1ccnc2ccccc12)c1cccs1. The van der Waals surface area contributed by atoms with Gasteiger partial charge in [0.2, 0.25) is 0 Å². The Morgan fingerprint density at radius 2 is 2.05 bits per heavy atom. The number of nitrogens with zero attached hydrogens (tertiary/aromatic N) is 1. The van der Waals surface area contributed by atoms with Crippen LogP contribution >= 0.6 is 11.3 Å². The predicted molar refractivity (Wildman–Crippen MR) is 81.3 cm³/mol. The molecule has 96 valence electrons. The van der Waals surface area contributed by atoms with Gasteiger partial charge in [-0.2, -0.15) is 0 Å². The Kier molecular flexibility index (Phi) is 3.58. The van der Waals surface area contributed by atoms with Gasteiger partial charge >= 0.3 is 0 Å². The Morgan fingerprint density at radius 3 is 2.89 bits per heavy atom. The first kappa shape index (κ1) is 12.3. The van der Waals surface area contributed by atoms with Gasteiger partial charge in [-0.3, -0.25) is 4.98 Å². The van der Waals surface area contributed by atoms with Crippen molar-refractivity contribution in [3.05, 3.63) is 64.5 Å². The fourth-order valence-electron chi connectivity index (χ4n) is 2.21. The number of pyridine rings is 1. The maximum atomic E-state index is 4.39. The van der Waals surface area contributed by atoms with Gasteiger partial charge in [0.15, 0.2) is 0 Å². The minimum absolute atomic E-state index is 0.381. The van der Waals surface area contributed by atoms with Crippen LogP contribution in [0.3, 0.4) is 0 Å². The van der Waals surface area contributed by atoms with E-state index in [4.69, 9.17) is 0 Å². The van der Waals surface area contributed by atoms with E-state index in [9.17, 15) is 0 Å². The fourth-order valence-corrected chi connectivity index (χ4v) is 2.97. The Labute approximate surface area is 117 Å². The van der Waals surface area contributed by atoms with Gasteiger partial charge in [-0.25, -0.2) is 0 Å². The Bertz CT molecular complexity index is 656. The third kappa shape index (κ3) is 2.67. The quantitative estimate of drug-likeness (QED) is 0.769. The first-order chi connectivity index (χ1) is 9.34. The molecule has 0 saturated carbocycles. The van der Waals surface area contributed by atoms with Gasteiger partial charge < -0.3 is 5.32 Å². The average Bonchev–Trinajstić information content (AvgIpc) is 2.99. The van der Waals surface area contributed by atoms with Crippen LogP contribution in [0.2, 0.25) is 0 Å². The summed E-state index contributed by atoms with van der Waals surface area (Å²) in [5, 5.41) is 6.93. The van der Waals surface area contributed by atoms with Crippen molar-refractivity contribution in [2.24, 2.45) is 0 Å². The second-order valence-corrected chi connectivity index (χ2v) is 5.58. The number of thiophene rings is 1. The van der Waals surface area contributed by atoms with Crippen molar-refractivity contribution < 1.29 is 0 Å². The van der Waals surface area contributed by atoms with Gasteiger partial charge in [0.25, 0.3) is 0 Å². The zero-order valence-corrected chi connectivity index (χ0v) is 11.7. The normalized spacial score (nSPS) is 12.7. The third-order valence-corrected chi connectivity index (χ3v) is 4.36. The van der Waals surface area contributed by atoms with Crippen molar-refractivity contribution in [3.8, 4) is 0 Å². The van der Waals surface area contributed by atoms with E-state index in [1.54, 1.807) is 11.3 Å². The van der Waals surface area contributed by atoms with E-state index < -0.39 is 0 Å². The topological polar surface area (TPSA) is 24.9 Å². The summed E-state index contributed by atoms with van der Waals surface area (Å²) in [4.78, 5) is 5.77. The highest BCUT2D eigenvalue weighted by Gasteiger charge is 2.07. The summed E-state index contributed by atoms with van der Waals surface area (Å²) in [5.74, 6) is 0. The zero-order valence-electron chi connectivity index (χ0n) is 10.8. The van der Waals surface area contributed by atoms with Gasteiger partial charge in [-0.1, -0.05) is 24.3 Å². The van der Waals surface area contributed by atoms with Crippen molar-refractivity contribution in [1.82, 2.24) is 10.3 Å². The van der Waals surface area contributed by atoms with Crippen LogP contribution in [0.25, 0.3) is 10.9 Å². The Hall–Kier alpha value is -1.71. The zero-order chi connectivity index (χ0) is 13.1. The van der Waals surface area contributed by atoms with Crippen LogP contribution in [0.5, 0.6) is 0 Å². The van der Waals surface area contributed by atoms with Gasteiger partial charge in [0.1, 0.15) is 0 Å². The molecule has 1 N–H and O–H groups in total. The number of hydrogen-bond acceptors (Lipinski definition) is 3. The number of fused-ring (bicyclic) bond motifs is 1. The van der Waals surface area contributed by atoms with Crippen LogP contribution in [0.1, 0.15) is 23.4 Å². The van der Waals surface area contributed by atoms with E-state index >= 15 is 0 Å². The van der Waals surface area contributed by atoms with Crippen LogP contribution in [0, 0.1) is 0 Å². The summed E-state index contributed by atoms with van der Waals surface area (Å²) < 4.78 is 0. The molecule has 3 rings (SSSR count). The predicted octanol–water partition coefficient (Wildman–Crippen LogP) is 4.15. The van der Waals surface area contributed by atoms with Crippen molar-refractivity contribution in [3.63, 3.8) is 0 Å². The first-order valence-electron chi connectivity index (χ1n) is 6.44. The molecule has 1 aromatic carbocycles. The molecule has 2 aromatic heterocycles. The molecule has 0 aliphatic heterocycles. The molecule has 0 aliphatic rings. The van der Waals surface area contributed by atoms with E-state index in [1.165, 1.54) is 15.8 Å². The molecule has 0 unspecified atom stereocenters. The second kappa shape index (κ2) is 5.51. The summed E-state index contributed by atoms with van der Waals surface area (Å²) in [5.41, 5.74) is 2.36. The highest BCUT2D eigenvalue weighted by atomic mass is 32.1. The summed E-state index contributed by atoms with van der Waals surface area (Å²) in [6.45, 7) is 3.07. The fraction of sp³-hybridized carbons (Fsp3) is 0.188. The Morgan fingerprint density at radius 1 is 1.16 bits per heavy atom. The molecule has 3 heteroatoms. The second-order valence-electron chi connectivity index (χ2n) is 4.61. The highest BCUT2D eigenvalue weighted by Crippen LogP contribution is 2.20. The average molecular weight is 268 g/mol. The molecule has 2 nitrogen and oxygen atoms in total. The van der Waals surface area contributed by atoms with Gasteiger partial charge in [-0.15, -0.1) is 11.3 Å². The molecular formula is C16H16N2S. The smallest absolute Gasteiger partial charge is 0.0705 e. The van der Waals surface area contributed by atoms with Crippen molar-refractivity contribution >= 4 is 22.2 Å². The van der Waals surface area contributed by atoms with Crippen molar-refractivity contribution in [2.45, 2.75) is 19.5 Å². The maximum absolute atomic E-state index is 4.39. The van der Waals surface area contributed by atoms with Crippen LogP contribution in [0.15, 0.2) is 54.0 Å². The van der Waals surface area contributed by atoms with E-state index in [1.807, 2.05) is 12.3 Å². The molecule has 3 aromatic rings. The number of aromatic nitrogens is 1. The van der Waals surface area contributed by atoms with E-state index in [-0.39, 0.29) is 0 Å². The molecule has 0 saturated heterocycles. The number of rotatable bonds is 4. The summed E-state index contributed by atoms with van der Waals surface area (Å²) in [7, 11) is 0. The van der Waals surface area contributed by atoms with Crippen molar-refractivity contribution in [2.75, 3.05) is 0 Å². The Balaban J connectivity index is 1.79. The minimum atomic E-state index is 0.381. The van der Waals surface area contributed by atoms with Crippen LogP contribution in [-0.2, 0) is 6.54 Å². The monoisotopic (exact) mass is 268 g/mol. The molecule has 0 spiro atoms. The molecule has 0 aliphatic carbocycles. The van der Waals surface area contributed by atoms with Crippen LogP contribution < -0.4 is 5.32 Å². The van der Waals surface area contributed by atoms with Gasteiger partial charge in [0, 0.05) is 29.0 Å². The van der Waals surface area contributed by atoms with E-state index in [0.29, 0.717) is 6.04 Å².